The van der Waals surface area contributed by atoms with Gasteiger partial charge in [0.05, 0.1) is 11.2 Å². The zero-order valence-electron chi connectivity index (χ0n) is 17.1. The van der Waals surface area contributed by atoms with Crippen molar-refractivity contribution >= 4 is 5.97 Å². The summed E-state index contributed by atoms with van der Waals surface area (Å²) in [6.45, 7) is 20.4. The summed E-state index contributed by atoms with van der Waals surface area (Å²) >= 11 is 0. The molecule has 2 saturated carbocycles. The molecule has 0 heterocycles. The molecule has 2 unspecified atom stereocenters. The zero-order valence-corrected chi connectivity index (χ0v) is 17.1. The predicted octanol–water partition coefficient (Wildman–Crippen LogP) is 6.13. The molecular weight excluding hydrogens is 324 g/mol. The molecule has 146 valence electrons. The lowest BCUT2D eigenvalue weighted by Gasteiger charge is -2.57. The molecule has 0 amide bonds. The average molecular weight is 361 g/mol. The van der Waals surface area contributed by atoms with E-state index in [-0.39, 0.29) is 11.3 Å². The molecule has 1 N–H and O–H groups in total. The maximum absolute atomic E-state index is 12.1. The van der Waals surface area contributed by atoms with Crippen molar-refractivity contribution in [2.75, 3.05) is 0 Å². The quantitative estimate of drug-likeness (QED) is 0.439. The number of carbonyl (C=O) groups is 1. The van der Waals surface area contributed by atoms with E-state index in [1.807, 2.05) is 26.8 Å². The normalized spacial score (nSPS) is 36.5. The van der Waals surface area contributed by atoms with Crippen LogP contribution in [0, 0.1) is 22.7 Å². The SMILES string of the molecule is C=C[C@](C)(CCC1C(=C)CCC2[C@]1(C)CCC[C@]2(C)C(=O)O)OC(=C)C. The van der Waals surface area contributed by atoms with Gasteiger partial charge < -0.3 is 9.84 Å². The van der Waals surface area contributed by atoms with Gasteiger partial charge in [0.1, 0.15) is 5.60 Å². The van der Waals surface area contributed by atoms with Crippen LogP contribution in [0.5, 0.6) is 0 Å². The van der Waals surface area contributed by atoms with Crippen LogP contribution in [0.25, 0.3) is 0 Å². The molecule has 0 aromatic rings. The van der Waals surface area contributed by atoms with Gasteiger partial charge in [0.25, 0.3) is 0 Å². The van der Waals surface area contributed by atoms with E-state index in [0.29, 0.717) is 11.7 Å². The minimum atomic E-state index is -0.638. The van der Waals surface area contributed by atoms with E-state index in [4.69, 9.17) is 4.74 Å². The van der Waals surface area contributed by atoms with E-state index in [2.05, 4.69) is 26.7 Å². The molecule has 0 saturated heterocycles. The second kappa shape index (κ2) is 7.25. The Labute approximate surface area is 159 Å². The van der Waals surface area contributed by atoms with Gasteiger partial charge in [0, 0.05) is 0 Å². The monoisotopic (exact) mass is 360 g/mol. The van der Waals surface area contributed by atoms with Gasteiger partial charge in [-0.1, -0.05) is 38.7 Å². The molecule has 3 nitrogen and oxygen atoms in total. The van der Waals surface area contributed by atoms with E-state index in [1.165, 1.54) is 5.57 Å². The Bertz CT molecular complexity index is 607. The Kier molecular flexibility index (Phi) is 5.80. The van der Waals surface area contributed by atoms with Gasteiger partial charge in [-0.25, -0.2) is 0 Å². The standard InChI is InChI=1S/C23H36O3/c1-8-21(5,26-16(2)3)15-12-18-17(4)10-11-19-22(18,6)13-9-14-23(19,7)20(24)25/h8,18-19H,1-2,4,9-15H2,3,5-7H3,(H,24,25)/t18?,19?,21-,22-,23+/m1/s1. The maximum atomic E-state index is 12.1. The smallest absolute Gasteiger partial charge is 0.309 e. The van der Waals surface area contributed by atoms with Gasteiger partial charge in [-0.15, -0.1) is 0 Å². The van der Waals surface area contributed by atoms with Crippen LogP contribution in [-0.4, -0.2) is 16.7 Å². The Morgan fingerprint density at radius 1 is 1.42 bits per heavy atom. The van der Waals surface area contributed by atoms with E-state index < -0.39 is 17.0 Å². The van der Waals surface area contributed by atoms with E-state index in [0.717, 1.165) is 44.9 Å². The largest absolute Gasteiger partial charge is 0.489 e. The summed E-state index contributed by atoms with van der Waals surface area (Å²) in [5.74, 6) is 0.582. The van der Waals surface area contributed by atoms with Crippen molar-refractivity contribution in [3.63, 3.8) is 0 Å². The van der Waals surface area contributed by atoms with Gasteiger partial charge in [-0.3, -0.25) is 4.79 Å². The van der Waals surface area contributed by atoms with Crippen LogP contribution in [0.2, 0.25) is 0 Å². The van der Waals surface area contributed by atoms with Crippen molar-refractivity contribution in [1.29, 1.82) is 0 Å². The van der Waals surface area contributed by atoms with Crippen LogP contribution in [-0.2, 0) is 9.53 Å². The zero-order chi connectivity index (χ0) is 19.8. The molecule has 0 aromatic heterocycles. The van der Waals surface area contributed by atoms with Crippen molar-refractivity contribution in [2.45, 2.75) is 78.2 Å². The first kappa shape index (κ1) is 20.8. The minimum Gasteiger partial charge on any atom is -0.489 e. The maximum Gasteiger partial charge on any atom is 0.309 e. The summed E-state index contributed by atoms with van der Waals surface area (Å²) in [6.07, 6.45) is 8.34. The first-order valence-corrected chi connectivity index (χ1v) is 9.88. The third kappa shape index (κ3) is 3.63. The topological polar surface area (TPSA) is 46.5 Å². The van der Waals surface area contributed by atoms with Crippen LogP contribution in [0.3, 0.4) is 0 Å². The number of ether oxygens (including phenoxy) is 1. The molecule has 0 bridgehead atoms. The van der Waals surface area contributed by atoms with Gasteiger partial charge >= 0.3 is 5.97 Å². The fourth-order valence-electron chi connectivity index (χ4n) is 5.76. The summed E-state index contributed by atoms with van der Waals surface area (Å²) in [7, 11) is 0. The Morgan fingerprint density at radius 3 is 2.62 bits per heavy atom. The molecule has 5 atom stereocenters. The van der Waals surface area contributed by atoms with Crippen molar-refractivity contribution < 1.29 is 14.6 Å². The van der Waals surface area contributed by atoms with Crippen molar-refractivity contribution in [1.82, 2.24) is 0 Å². The molecular formula is C23H36O3. The van der Waals surface area contributed by atoms with E-state index in [1.54, 1.807) is 0 Å². The highest BCUT2D eigenvalue weighted by Crippen LogP contribution is 2.62. The van der Waals surface area contributed by atoms with Crippen LogP contribution in [0.1, 0.15) is 72.6 Å². The molecule has 2 aliphatic rings. The van der Waals surface area contributed by atoms with Crippen LogP contribution in [0.15, 0.2) is 37.1 Å². The van der Waals surface area contributed by atoms with E-state index >= 15 is 0 Å². The summed E-state index contributed by atoms with van der Waals surface area (Å²) in [6, 6.07) is 0. The van der Waals surface area contributed by atoms with Crippen molar-refractivity contribution in [3.05, 3.63) is 37.1 Å². The predicted molar refractivity (Wildman–Crippen MR) is 107 cm³/mol. The van der Waals surface area contributed by atoms with Gasteiger partial charge in [0.15, 0.2) is 0 Å². The lowest BCUT2D eigenvalue weighted by molar-refractivity contribution is -0.164. The number of carboxylic acid groups (broad SMARTS) is 1. The molecule has 2 rings (SSSR count). The third-order valence-corrected chi connectivity index (χ3v) is 7.28. The molecule has 26 heavy (non-hydrogen) atoms. The Balaban J connectivity index is 2.27. The number of hydrogen-bond donors (Lipinski definition) is 1. The van der Waals surface area contributed by atoms with Crippen molar-refractivity contribution in [3.8, 4) is 0 Å². The molecule has 3 heteroatoms. The van der Waals surface area contributed by atoms with Crippen LogP contribution < -0.4 is 0 Å². The van der Waals surface area contributed by atoms with E-state index in [9.17, 15) is 9.90 Å². The summed E-state index contributed by atoms with van der Waals surface area (Å²) < 4.78 is 5.93. The number of carboxylic acids is 1. The molecule has 0 spiro atoms. The van der Waals surface area contributed by atoms with Crippen LogP contribution >= 0.6 is 0 Å². The second-order valence-corrected chi connectivity index (χ2v) is 9.24. The fraction of sp³-hybridized carbons (Fsp3) is 0.696. The summed E-state index contributed by atoms with van der Waals surface area (Å²) in [5, 5.41) is 9.93. The number of aliphatic carboxylic acids is 1. The fourth-order valence-corrected chi connectivity index (χ4v) is 5.76. The first-order chi connectivity index (χ1) is 12.0. The average Bonchev–Trinajstić information content (AvgIpc) is 2.53. The van der Waals surface area contributed by atoms with Gasteiger partial charge in [-0.2, -0.15) is 0 Å². The lowest BCUT2D eigenvalue weighted by atomic mass is 9.46. The Hall–Kier alpha value is -1.51. The third-order valence-electron chi connectivity index (χ3n) is 7.28. The Morgan fingerprint density at radius 2 is 2.08 bits per heavy atom. The number of rotatable bonds is 7. The first-order valence-electron chi connectivity index (χ1n) is 9.88. The molecule has 0 aliphatic heterocycles. The molecule has 2 fully saturated rings. The number of hydrogen-bond acceptors (Lipinski definition) is 2. The highest BCUT2D eigenvalue weighted by atomic mass is 16.5. The summed E-state index contributed by atoms with van der Waals surface area (Å²) in [5.41, 5.74) is 0.203. The highest BCUT2D eigenvalue weighted by molar-refractivity contribution is 5.75. The molecule has 0 radical (unpaired) electrons. The van der Waals surface area contributed by atoms with Crippen molar-refractivity contribution in [2.24, 2.45) is 22.7 Å². The summed E-state index contributed by atoms with van der Waals surface area (Å²) in [4.78, 5) is 12.1. The number of allylic oxidation sites excluding steroid dienone is 2. The second-order valence-electron chi connectivity index (χ2n) is 9.24. The van der Waals surface area contributed by atoms with Crippen LogP contribution in [0.4, 0.5) is 0 Å². The highest BCUT2D eigenvalue weighted by Gasteiger charge is 2.57. The lowest BCUT2D eigenvalue weighted by Crippen LogP contribution is -2.53. The van der Waals surface area contributed by atoms with Gasteiger partial charge in [0.2, 0.25) is 0 Å². The molecule has 0 aromatic carbocycles. The minimum absolute atomic E-state index is 0.00791. The van der Waals surface area contributed by atoms with Gasteiger partial charge in [-0.05, 0) is 82.6 Å². The number of fused-ring (bicyclic) bond motifs is 1. The molecule has 2 aliphatic carbocycles.